The second-order valence-corrected chi connectivity index (χ2v) is 12.7. The van der Waals surface area contributed by atoms with Gasteiger partial charge in [0.05, 0.1) is 6.10 Å². The molecule has 4 atom stereocenters. The maximum Gasteiger partial charge on any atom is 0.302 e. The van der Waals surface area contributed by atoms with Gasteiger partial charge >= 0.3 is 5.97 Å². The van der Waals surface area contributed by atoms with E-state index in [4.69, 9.17) is 13.9 Å². The molecule has 1 rings (SSSR count). The first-order valence-corrected chi connectivity index (χ1v) is 11.7. The van der Waals surface area contributed by atoms with Gasteiger partial charge in [-0.15, -0.1) is 0 Å². The monoisotopic (exact) mass is 430 g/mol. The third-order valence-corrected chi connectivity index (χ3v) is 9.61. The Morgan fingerprint density at radius 3 is 2.38 bits per heavy atom. The van der Waals surface area contributed by atoms with Crippen LogP contribution in [0, 0.1) is 0 Å². The quantitative estimate of drug-likeness (QED) is 0.322. The molecule has 0 spiro atoms. The zero-order valence-electron chi connectivity index (χ0n) is 13.7. The molecule has 1 aliphatic rings. The number of esters is 1. The summed E-state index contributed by atoms with van der Waals surface area (Å²) in [7, 11) is -2.02. The van der Waals surface area contributed by atoms with Gasteiger partial charge < -0.3 is 19.0 Å². The van der Waals surface area contributed by atoms with Crippen LogP contribution in [0.4, 0.5) is 0 Å². The molecule has 5 nitrogen and oxygen atoms in total. The lowest BCUT2D eigenvalue weighted by Gasteiger charge is -2.44. The third kappa shape index (κ3) is 5.16. The summed E-state index contributed by atoms with van der Waals surface area (Å²) in [4.78, 5) is 11.2. The van der Waals surface area contributed by atoms with Gasteiger partial charge in [0, 0.05) is 17.8 Å². The molecule has 0 aliphatic carbocycles. The van der Waals surface area contributed by atoms with Gasteiger partial charge in [-0.25, -0.2) is 0 Å². The summed E-state index contributed by atoms with van der Waals surface area (Å²) in [6, 6.07) is 0. The maximum absolute atomic E-state index is 11.2. The van der Waals surface area contributed by atoms with Crippen molar-refractivity contribution in [3.05, 3.63) is 0 Å². The lowest BCUT2D eigenvalue weighted by molar-refractivity contribution is -0.240. The molecule has 1 aliphatic heterocycles. The number of hydrogen-bond acceptors (Lipinski definition) is 5. The summed E-state index contributed by atoms with van der Waals surface area (Å²) >= 11 is 2.17. The van der Waals surface area contributed by atoms with E-state index in [2.05, 4.69) is 56.5 Å². The van der Waals surface area contributed by atoms with Gasteiger partial charge in [0.15, 0.2) is 14.6 Å². The van der Waals surface area contributed by atoms with Crippen LogP contribution in [0.5, 0.6) is 0 Å². The number of aliphatic hydroxyl groups is 1. The molecule has 7 heteroatoms. The first-order valence-electron chi connectivity index (χ1n) is 7.22. The Balaban J connectivity index is 2.81. The van der Waals surface area contributed by atoms with E-state index in [1.54, 1.807) is 0 Å². The minimum absolute atomic E-state index is 0.0454. The van der Waals surface area contributed by atoms with Crippen LogP contribution in [-0.4, -0.2) is 48.4 Å². The predicted molar refractivity (Wildman–Crippen MR) is 92.0 cm³/mol. The molecule has 1 heterocycles. The number of ether oxygens (including phenoxy) is 2. The average Bonchev–Trinajstić information content (AvgIpc) is 2.30. The van der Waals surface area contributed by atoms with Crippen molar-refractivity contribution in [1.82, 2.24) is 0 Å². The number of rotatable bonds is 4. The van der Waals surface area contributed by atoms with Crippen molar-refractivity contribution in [2.75, 3.05) is 4.43 Å². The highest BCUT2D eigenvalue weighted by Gasteiger charge is 2.45. The summed E-state index contributed by atoms with van der Waals surface area (Å²) in [6.07, 6.45) is -1.59. The highest BCUT2D eigenvalue weighted by molar-refractivity contribution is 14.1. The number of hydrogen-bond donors (Lipinski definition) is 1. The zero-order valence-corrected chi connectivity index (χ0v) is 16.8. The molecule has 0 aromatic rings. The van der Waals surface area contributed by atoms with Crippen LogP contribution in [0.1, 0.15) is 34.1 Å². The molecule has 0 unspecified atom stereocenters. The Morgan fingerprint density at radius 2 is 1.95 bits per heavy atom. The highest BCUT2D eigenvalue weighted by atomic mass is 127. The molecule has 0 saturated carbocycles. The van der Waals surface area contributed by atoms with Crippen LogP contribution in [0.15, 0.2) is 0 Å². The first-order chi connectivity index (χ1) is 9.48. The van der Waals surface area contributed by atoms with Gasteiger partial charge in [-0.05, 0) is 18.1 Å². The number of alkyl halides is 1. The van der Waals surface area contributed by atoms with Crippen molar-refractivity contribution in [1.29, 1.82) is 0 Å². The Morgan fingerprint density at radius 1 is 1.38 bits per heavy atom. The van der Waals surface area contributed by atoms with E-state index in [-0.39, 0.29) is 23.2 Å². The Bertz CT molecular complexity index is 369. The van der Waals surface area contributed by atoms with Crippen LogP contribution in [0.25, 0.3) is 0 Å². The number of carbonyl (C=O) groups excluding carboxylic acids is 1. The number of aliphatic hydroxyl groups excluding tert-OH is 1. The lowest BCUT2D eigenvalue weighted by Crippen LogP contribution is -2.55. The summed E-state index contributed by atoms with van der Waals surface area (Å²) in [5.74, 6) is -0.332. The largest absolute Gasteiger partial charge is 0.460 e. The standard InChI is InChI=1S/C14H27IO5Si/c1-9(16)18-10-7-11(13(17)19-12(10)8-15)20-21(5,6)14(2,3)4/h10-13,17H,7-8H2,1-6H3/t10-,11-,12+,13-/m0/s1. The van der Waals surface area contributed by atoms with Gasteiger partial charge in [-0.2, -0.15) is 0 Å². The molecule has 1 fully saturated rings. The molecule has 0 aromatic heterocycles. The zero-order chi connectivity index (χ0) is 16.4. The summed E-state index contributed by atoms with van der Waals surface area (Å²) in [5, 5.41) is 10.2. The summed E-state index contributed by atoms with van der Waals surface area (Å²) < 4.78 is 17.8. The van der Waals surface area contributed by atoms with E-state index in [0.29, 0.717) is 10.8 Å². The fourth-order valence-corrected chi connectivity index (χ4v) is 4.08. The van der Waals surface area contributed by atoms with Crippen molar-refractivity contribution in [3.8, 4) is 0 Å². The molecule has 1 N–H and O–H groups in total. The normalized spacial score (nSPS) is 31.0. The Hall–Kier alpha value is 0.297. The van der Waals surface area contributed by atoms with Gasteiger partial charge in [0.25, 0.3) is 0 Å². The average molecular weight is 430 g/mol. The smallest absolute Gasteiger partial charge is 0.302 e. The van der Waals surface area contributed by atoms with Crippen LogP contribution < -0.4 is 0 Å². The number of carbonyl (C=O) groups is 1. The molecule has 0 bridgehead atoms. The van der Waals surface area contributed by atoms with Crippen LogP contribution in [0.3, 0.4) is 0 Å². The fourth-order valence-electron chi connectivity index (χ4n) is 1.99. The van der Waals surface area contributed by atoms with Crippen molar-refractivity contribution >= 4 is 36.9 Å². The molecule has 0 amide bonds. The van der Waals surface area contributed by atoms with Gasteiger partial charge in [0.1, 0.15) is 12.2 Å². The second-order valence-electron chi connectivity index (χ2n) is 7.02. The first kappa shape index (κ1) is 19.3. The third-order valence-electron chi connectivity index (χ3n) is 4.23. The van der Waals surface area contributed by atoms with Crippen molar-refractivity contribution < 1.29 is 23.8 Å². The van der Waals surface area contributed by atoms with Gasteiger partial charge in [-0.1, -0.05) is 43.4 Å². The molecule has 0 radical (unpaired) electrons. The molecule has 0 aromatic carbocycles. The van der Waals surface area contributed by atoms with E-state index in [0.717, 1.165) is 0 Å². The summed E-state index contributed by atoms with van der Waals surface area (Å²) in [5.41, 5.74) is 0. The maximum atomic E-state index is 11.2. The van der Waals surface area contributed by atoms with E-state index >= 15 is 0 Å². The summed E-state index contributed by atoms with van der Waals surface area (Å²) in [6.45, 7) is 12.1. The van der Waals surface area contributed by atoms with Gasteiger partial charge in [0.2, 0.25) is 0 Å². The van der Waals surface area contributed by atoms with Crippen LogP contribution >= 0.6 is 22.6 Å². The van der Waals surface area contributed by atoms with Gasteiger partial charge in [-0.3, -0.25) is 4.79 Å². The Kier molecular flexibility index (Phi) is 6.67. The molecule has 124 valence electrons. The predicted octanol–water partition coefficient (Wildman–Crippen LogP) is 2.85. The minimum atomic E-state index is -2.02. The molecule has 1 saturated heterocycles. The fraction of sp³-hybridized carbons (Fsp3) is 0.929. The lowest BCUT2D eigenvalue weighted by atomic mass is 10.0. The van der Waals surface area contributed by atoms with E-state index < -0.39 is 20.7 Å². The van der Waals surface area contributed by atoms with Crippen molar-refractivity contribution in [3.63, 3.8) is 0 Å². The highest BCUT2D eigenvalue weighted by Crippen LogP contribution is 2.39. The van der Waals surface area contributed by atoms with Crippen LogP contribution in [0.2, 0.25) is 18.1 Å². The SMILES string of the molecule is CC(=O)O[C@H]1C[C@H](O[Si](C)(C)C(C)(C)C)[C@@H](O)O[C@@H]1CI. The van der Waals surface area contributed by atoms with Crippen molar-refractivity contribution in [2.24, 2.45) is 0 Å². The van der Waals surface area contributed by atoms with E-state index in [1.807, 2.05) is 0 Å². The molecular formula is C14H27IO5Si. The minimum Gasteiger partial charge on any atom is -0.460 e. The van der Waals surface area contributed by atoms with E-state index in [9.17, 15) is 9.90 Å². The molecular weight excluding hydrogens is 403 g/mol. The second kappa shape index (κ2) is 7.25. The topological polar surface area (TPSA) is 65.0 Å². The number of halogens is 1. The van der Waals surface area contributed by atoms with Crippen molar-refractivity contribution in [2.45, 2.75) is 76.8 Å². The Labute approximate surface area is 142 Å². The van der Waals surface area contributed by atoms with E-state index in [1.165, 1.54) is 6.92 Å². The molecule has 21 heavy (non-hydrogen) atoms. The van der Waals surface area contributed by atoms with Crippen LogP contribution in [-0.2, 0) is 18.7 Å².